The Morgan fingerprint density at radius 3 is 2.44 bits per heavy atom. The van der Waals surface area contributed by atoms with Gasteiger partial charge in [-0.05, 0) is 25.7 Å². The van der Waals surface area contributed by atoms with Crippen molar-refractivity contribution in [3.63, 3.8) is 0 Å². The minimum Gasteiger partial charge on any atom is -0.481 e. The van der Waals surface area contributed by atoms with Crippen molar-refractivity contribution < 1.29 is 14.7 Å². The number of carboxylic acid groups (broad SMARTS) is 1. The zero-order chi connectivity index (χ0) is 12.2. The molecule has 0 aromatic carbocycles. The molecule has 0 spiro atoms. The van der Waals surface area contributed by atoms with Crippen molar-refractivity contribution in [3.05, 3.63) is 0 Å². The van der Waals surface area contributed by atoms with Gasteiger partial charge in [-0.2, -0.15) is 0 Å². The maximum Gasteiger partial charge on any atom is 0.317 e. The van der Waals surface area contributed by atoms with Crippen molar-refractivity contribution in [2.24, 2.45) is 0 Å². The van der Waals surface area contributed by atoms with Gasteiger partial charge < -0.3 is 15.3 Å². The Balaban J connectivity index is 2.36. The highest BCUT2D eigenvalue weighted by atomic mass is 16.4. The molecule has 1 rings (SSSR count). The first kappa shape index (κ1) is 12.8. The van der Waals surface area contributed by atoms with Gasteiger partial charge in [0.1, 0.15) is 0 Å². The third-order valence-electron chi connectivity index (χ3n) is 3.37. The number of urea groups is 1. The van der Waals surface area contributed by atoms with Crippen LogP contribution in [0.5, 0.6) is 0 Å². The highest BCUT2D eigenvalue weighted by Crippen LogP contribution is 2.34. The zero-order valence-electron chi connectivity index (χ0n) is 9.95. The summed E-state index contributed by atoms with van der Waals surface area (Å²) in [5.74, 6) is -0.881. The summed E-state index contributed by atoms with van der Waals surface area (Å²) in [6, 6.07) is -0.164. The summed E-state index contributed by atoms with van der Waals surface area (Å²) < 4.78 is 0. The Labute approximate surface area is 95.8 Å². The van der Waals surface area contributed by atoms with Gasteiger partial charge in [-0.25, -0.2) is 4.79 Å². The third-order valence-corrected chi connectivity index (χ3v) is 3.37. The van der Waals surface area contributed by atoms with Crippen molar-refractivity contribution in [3.8, 4) is 0 Å². The second-order valence-electron chi connectivity index (χ2n) is 4.48. The number of amides is 2. The minimum absolute atomic E-state index is 0.0109. The summed E-state index contributed by atoms with van der Waals surface area (Å²) in [5, 5.41) is 11.5. The number of aliphatic carboxylic acids is 1. The molecule has 0 radical (unpaired) electrons. The Morgan fingerprint density at radius 2 is 2.06 bits per heavy atom. The summed E-state index contributed by atoms with van der Waals surface area (Å²) in [4.78, 5) is 23.6. The fourth-order valence-electron chi connectivity index (χ4n) is 1.86. The SMILES string of the molecule is CCC1(NC(=O)N(C)CCC(=O)O)CCC1. The number of carbonyl (C=O) groups is 2. The summed E-state index contributed by atoms with van der Waals surface area (Å²) in [5.41, 5.74) is -0.0332. The highest BCUT2D eigenvalue weighted by Gasteiger charge is 2.36. The molecule has 0 unspecified atom stereocenters. The minimum atomic E-state index is -0.881. The molecule has 1 aliphatic carbocycles. The van der Waals surface area contributed by atoms with E-state index in [1.165, 1.54) is 4.90 Å². The quantitative estimate of drug-likeness (QED) is 0.748. The molecule has 0 bridgehead atoms. The Hall–Kier alpha value is -1.26. The molecular weight excluding hydrogens is 208 g/mol. The largest absolute Gasteiger partial charge is 0.481 e. The predicted octanol–water partition coefficient (Wildman–Crippen LogP) is 1.44. The lowest BCUT2D eigenvalue weighted by Crippen LogP contribution is -2.56. The number of nitrogens with zero attached hydrogens (tertiary/aromatic N) is 1. The maximum absolute atomic E-state index is 11.7. The molecule has 2 N–H and O–H groups in total. The van der Waals surface area contributed by atoms with Crippen LogP contribution in [0.2, 0.25) is 0 Å². The van der Waals surface area contributed by atoms with Crippen LogP contribution in [0.1, 0.15) is 39.0 Å². The van der Waals surface area contributed by atoms with Gasteiger partial charge in [0.05, 0.1) is 6.42 Å². The molecule has 0 aromatic rings. The maximum atomic E-state index is 11.7. The van der Waals surface area contributed by atoms with Crippen LogP contribution in [0.15, 0.2) is 0 Å². The zero-order valence-corrected chi connectivity index (χ0v) is 9.95. The first-order chi connectivity index (χ1) is 7.49. The van der Waals surface area contributed by atoms with Crippen molar-refractivity contribution in [1.82, 2.24) is 10.2 Å². The Morgan fingerprint density at radius 1 is 1.44 bits per heavy atom. The first-order valence-electron chi connectivity index (χ1n) is 5.74. The van der Waals surface area contributed by atoms with Crippen LogP contribution in [0, 0.1) is 0 Å². The molecular formula is C11H20N2O3. The van der Waals surface area contributed by atoms with E-state index in [-0.39, 0.29) is 24.5 Å². The average Bonchev–Trinajstić information content (AvgIpc) is 2.19. The van der Waals surface area contributed by atoms with Gasteiger partial charge in [0.2, 0.25) is 0 Å². The molecule has 0 aromatic heterocycles. The van der Waals surface area contributed by atoms with Crippen LogP contribution in [0.4, 0.5) is 4.79 Å². The third kappa shape index (κ3) is 3.12. The molecule has 1 saturated carbocycles. The average molecular weight is 228 g/mol. The van der Waals surface area contributed by atoms with E-state index >= 15 is 0 Å². The van der Waals surface area contributed by atoms with E-state index in [0.717, 1.165) is 25.7 Å². The van der Waals surface area contributed by atoms with Gasteiger partial charge in [0.25, 0.3) is 0 Å². The van der Waals surface area contributed by atoms with Crippen molar-refractivity contribution >= 4 is 12.0 Å². The fourth-order valence-corrected chi connectivity index (χ4v) is 1.86. The van der Waals surface area contributed by atoms with Crippen LogP contribution < -0.4 is 5.32 Å². The van der Waals surface area contributed by atoms with Gasteiger partial charge in [0.15, 0.2) is 0 Å². The predicted molar refractivity (Wildman–Crippen MR) is 60.3 cm³/mol. The molecule has 1 aliphatic rings. The van der Waals surface area contributed by atoms with Crippen LogP contribution in [-0.4, -0.2) is 41.1 Å². The van der Waals surface area contributed by atoms with Gasteiger partial charge in [-0.3, -0.25) is 4.79 Å². The molecule has 0 saturated heterocycles. The van der Waals surface area contributed by atoms with E-state index in [2.05, 4.69) is 12.2 Å². The van der Waals surface area contributed by atoms with Gasteiger partial charge in [-0.15, -0.1) is 0 Å². The molecule has 5 nitrogen and oxygen atoms in total. The number of rotatable bonds is 5. The molecule has 0 heterocycles. The molecule has 2 amide bonds. The molecule has 1 fully saturated rings. The lowest BCUT2D eigenvalue weighted by atomic mass is 9.75. The van der Waals surface area contributed by atoms with Crippen LogP contribution >= 0.6 is 0 Å². The van der Waals surface area contributed by atoms with Crippen molar-refractivity contribution in [1.29, 1.82) is 0 Å². The van der Waals surface area contributed by atoms with Crippen LogP contribution in [0.3, 0.4) is 0 Å². The van der Waals surface area contributed by atoms with E-state index in [1.54, 1.807) is 7.05 Å². The molecule has 5 heteroatoms. The fraction of sp³-hybridized carbons (Fsp3) is 0.818. The Bertz CT molecular complexity index is 269. The van der Waals surface area contributed by atoms with Gasteiger partial charge >= 0.3 is 12.0 Å². The molecule has 0 aliphatic heterocycles. The number of carboxylic acids is 1. The number of nitrogens with one attached hydrogen (secondary N) is 1. The molecule has 0 atom stereocenters. The lowest BCUT2D eigenvalue weighted by molar-refractivity contribution is -0.137. The van der Waals surface area contributed by atoms with E-state index < -0.39 is 5.97 Å². The Kier molecular flexibility index (Phi) is 4.15. The topological polar surface area (TPSA) is 69.6 Å². The normalized spacial score (nSPS) is 17.4. The summed E-state index contributed by atoms with van der Waals surface area (Å²) in [7, 11) is 1.63. The van der Waals surface area contributed by atoms with Crippen LogP contribution in [0.25, 0.3) is 0 Å². The van der Waals surface area contributed by atoms with E-state index in [9.17, 15) is 9.59 Å². The number of carbonyl (C=O) groups excluding carboxylic acids is 1. The summed E-state index contributed by atoms with van der Waals surface area (Å²) >= 11 is 0. The monoisotopic (exact) mass is 228 g/mol. The van der Waals surface area contributed by atoms with E-state index in [4.69, 9.17) is 5.11 Å². The first-order valence-corrected chi connectivity index (χ1v) is 5.74. The molecule has 16 heavy (non-hydrogen) atoms. The highest BCUT2D eigenvalue weighted by molar-refractivity contribution is 5.76. The summed E-state index contributed by atoms with van der Waals surface area (Å²) in [6.07, 6.45) is 4.14. The summed E-state index contributed by atoms with van der Waals surface area (Å²) in [6.45, 7) is 2.32. The lowest BCUT2D eigenvalue weighted by Gasteiger charge is -2.42. The molecule has 92 valence electrons. The number of hydrogen-bond acceptors (Lipinski definition) is 2. The van der Waals surface area contributed by atoms with Crippen molar-refractivity contribution in [2.45, 2.75) is 44.6 Å². The second-order valence-corrected chi connectivity index (χ2v) is 4.48. The second kappa shape index (κ2) is 5.18. The standard InChI is InChI=1S/C11H20N2O3/c1-3-11(6-4-7-11)12-10(16)13(2)8-5-9(14)15/h3-8H2,1-2H3,(H,12,16)(H,14,15). The van der Waals surface area contributed by atoms with Gasteiger partial charge in [0, 0.05) is 19.1 Å². The van der Waals surface area contributed by atoms with Gasteiger partial charge in [-0.1, -0.05) is 6.92 Å². The van der Waals surface area contributed by atoms with E-state index in [0.29, 0.717) is 0 Å². The van der Waals surface area contributed by atoms with E-state index in [1.807, 2.05) is 0 Å². The smallest absolute Gasteiger partial charge is 0.317 e. The van der Waals surface area contributed by atoms with Crippen molar-refractivity contribution in [2.75, 3.05) is 13.6 Å². The van der Waals surface area contributed by atoms with Crippen LogP contribution in [-0.2, 0) is 4.79 Å². The number of hydrogen-bond donors (Lipinski definition) is 2.